The van der Waals surface area contributed by atoms with Crippen LogP contribution < -0.4 is 5.32 Å². The second-order valence-corrected chi connectivity index (χ2v) is 3.27. The Morgan fingerprint density at radius 2 is 2.58 bits per heavy atom. The third-order valence-electron chi connectivity index (χ3n) is 1.59. The average molecular weight is 181 g/mol. The molecule has 0 aromatic carbocycles. The number of amides is 1. The van der Waals surface area contributed by atoms with Crippen molar-refractivity contribution in [2.75, 3.05) is 0 Å². The maximum Gasteiger partial charge on any atom is 0.243 e. The smallest absolute Gasteiger partial charge is 0.243 e. The fourth-order valence-electron chi connectivity index (χ4n) is 0.877. The topological polar surface area (TPSA) is 29.1 Å². The molecule has 1 unspecified atom stereocenters. The van der Waals surface area contributed by atoms with Gasteiger partial charge in [0.2, 0.25) is 5.91 Å². The summed E-state index contributed by atoms with van der Waals surface area (Å²) < 4.78 is 0. The van der Waals surface area contributed by atoms with Crippen LogP contribution in [0, 0.1) is 0 Å². The monoisotopic (exact) mass is 181 g/mol. The highest BCUT2D eigenvalue weighted by Crippen LogP contribution is 2.14. The van der Waals surface area contributed by atoms with E-state index >= 15 is 0 Å². The number of carbonyl (C=O) groups is 1. The van der Waals surface area contributed by atoms with Gasteiger partial charge >= 0.3 is 0 Å². The lowest BCUT2D eigenvalue weighted by atomic mass is 10.2. The molecule has 0 aliphatic carbocycles. The van der Waals surface area contributed by atoms with E-state index < -0.39 is 0 Å². The molecule has 3 heteroatoms. The Kier molecular flexibility index (Phi) is 3.05. The van der Waals surface area contributed by atoms with Crippen LogP contribution in [-0.2, 0) is 4.79 Å². The van der Waals surface area contributed by atoms with Gasteiger partial charge in [0.05, 0.1) is 6.04 Å². The van der Waals surface area contributed by atoms with Crippen molar-refractivity contribution in [2.24, 2.45) is 0 Å². The molecule has 2 nitrogen and oxygen atoms in total. The molecule has 0 saturated heterocycles. The summed E-state index contributed by atoms with van der Waals surface area (Å²) in [5.74, 6) is -0.131. The van der Waals surface area contributed by atoms with Gasteiger partial charge in [-0.3, -0.25) is 4.79 Å². The summed E-state index contributed by atoms with van der Waals surface area (Å²) in [5.41, 5.74) is 1.13. The zero-order chi connectivity index (χ0) is 8.97. The van der Waals surface area contributed by atoms with Gasteiger partial charge in [-0.1, -0.05) is 6.58 Å². The maximum atomic E-state index is 10.9. The lowest BCUT2D eigenvalue weighted by molar-refractivity contribution is -0.117. The highest BCUT2D eigenvalue weighted by molar-refractivity contribution is 7.07. The van der Waals surface area contributed by atoms with Gasteiger partial charge in [-0.2, -0.15) is 11.3 Å². The molecule has 1 aromatic rings. The predicted molar refractivity (Wildman–Crippen MR) is 51.1 cm³/mol. The molecule has 1 rings (SSSR count). The van der Waals surface area contributed by atoms with E-state index in [4.69, 9.17) is 0 Å². The van der Waals surface area contributed by atoms with Gasteiger partial charge in [-0.05, 0) is 35.4 Å². The van der Waals surface area contributed by atoms with Gasteiger partial charge in [-0.25, -0.2) is 0 Å². The van der Waals surface area contributed by atoms with E-state index in [1.165, 1.54) is 6.08 Å². The predicted octanol–water partition coefficient (Wildman–Crippen LogP) is 2.11. The summed E-state index contributed by atoms with van der Waals surface area (Å²) in [6.45, 7) is 5.33. The largest absolute Gasteiger partial charge is 0.346 e. The third-order valence-corrected chi connectivity index (χ3v) is 2.29. The van der Waals surface area contributed by atoms with Crippen LogP contribution in [0.4, 0.5) is 0 Å². The average Bonchev–Trinajstić information content (AvgIpc) is 2.56. The van der Waals surface area contributed by atoms with Crippen molar-refractivity contribution in [3.8, 4) is 0 Å². The second-order valence-electron chi connectivity index (χ2n) is 2.49. The molecule has 12 heavy (non-hydrogen) atoms. The first kappa shape index (κ1) is 9.00. The van der Waals surface area contributed by atoms with Crippen LogP contribution in [-0.4, -0.2) is 5.91 Å². The molecule has 1 amide bonds. The van der Waals surface area contributed by atoms with E-state index in [-0.39, 0.29) is 11.9 Å². The van der Waals surface area contributed by atoms with Gasteiger partial charge < -0.3 is 5.32 Å². The number of nitrogens with one attached hydrogen (secondary N) is 1. The van der Waals surface area contributed by atoms with E-state index in [2.05, 4.69) is 11.9 Å². The van der Waals surface area contributed by atoms with Crippen LogP contribution in [0.25, 0.3) is 0 Å². The van der Waals surface area contributed by atoms with Gasteiger partial charge in [0.1, 0.15) is 0 Å². The summed E-state index contributed by atoms with van der Waals surface area (Å²) >= 11 is 1.63. The summed E-state index contributed by atoms with van der Waals surface area (Å²) in [5, 5.41) is 6.80. The number of rotatable bonds is 3. The minimum Gasteiger partial charge on any atom is -0.346 e. The Labute approximate surface area is 75.9 Å². The molecule has 1 heterocycles. The highest BCUT2D eigenvalue weighted by Gasteiger charge is 2.06. The molecule has 0 aliphatic rings. The van der Waals surface area contributed by atoms with Crippen molar-refractivity contribution in [1.82, 2.24) is 5.32 Å². The summed E-state index contributed by atoms with van der Waals surface area (Å²) in [6.07, 6.45) is 1.28. The van der Waals surface area contributed by atoms with Crippen molar-refractivity contribution < 1.29 is 4.79 Å². The maximum absolute atomic E-state index is 10.9. The molecule has 0 fully saturated rings. The number of hydrogen-bond acceptors (Lipinski definition) is 2. The quantitative estimate of drug-likeness (QED) is 0.711. The van der Waals surface area contributed by atoms with Crippen molar-refractivity contribution in [1.29, 1.82) is 0 Å². The van der Waals surface area contributed by atoms with E-state index in [0.29, 0.717) is 0 Å². The molecule has 1 atom stereocenters. The molecule has 0 bridgehead atoms. The van der Waals surface area contributed by atoms with E-state index in [1.807, 2.05) is 23.8 Å². The van der Waals surface area contributed by atoms with Crippen LogP contribution in [0.1, 0.15) is 18.5 Å². The van der Waals surface area contributed by atoms with Gasteiger partial charge in [0, 0.05) is 0 Å². The zero-order valence-electron chi connectivity index (χ0n) is 6.91. The van der Waals surface area contributed by atoms with Crippen LogP contribution in [0.3, 0.4) is 0 Å². The Bertz CT molecular complexity index is 266. The minimum atomic E-state index is -0.131. The normalized spacial score (nSPS) is 12.1. The van der Waals surface area contributed by atoms with Crippen LogP contribution in [0.5, 0.6) is 0 Å². The molecule has 0 saturated carbocycles. The lowest BCUT2D eigenvalue weighted by Gasteiger charge is -2.09. The van der Waals surface area contributed by atoms with Gasteiger partial charge in [-0.15, -0.1) is 0 Å². The Morgan fingerprint density at radius 3 is 3.08 bits per heavy atom. The van der Waals surface area contributed by atoms with E-state index in [9.17, 15) is 4.79 Å². The van der Waals surface area contributed by atoms with Crippen molar-refractivity contribution >= 4 is 17.2 Å². The minimum absolute atomic E-state index is 0.0711. The first-order valence-electron chi connectivity index (χ1n) is 3.69. The van der Waals surface area contributed by atoms with Crippen molar-refractivity contribution in [2.45, 2.75) is 13.0 Å². The van der Waals surface area contributed by atoms with Crippen molar-refractivity contribution in [3.63, 3.8) is 0 Å². The fraction of sp³-hybridized carbons (Fsp3) is 0.222. The van der Waals surface area contributed by atoms with Crippen LogP contribution >= 0.6 is 11.3 Å². The molecular formula is C9H11NOS. The first-order valence-corrected chi connectivity index (χ1v) is 4.63. The summed E-state index contributed by atoms with van der Waals surface area (Å²) in [7, 11) is 0. The zero-order valence-corrected chi connectivity index (χ0v) is 7.73. The SMILES string of the molecule is C=CC(=O)NC(C)c1ccsc1. The summed E-state index contributed by atoms with van der Waals surface area (Å²) in [6, 6.07) is 2.07. The highest BCUT2D eigenvalue weighted by atomic mass is 32.1. The van der Waals surface area contributed by atoms with Crippen LogP contribution in [0.2, 0.25) is 0 Å². The van der Waals surface area contributed by atoms with Gasteiger partial charge in [0.25, 0.3) is 0 Å². The Morgan fingerprint density at radius 1 is 1.83 bits per heavy atom. The number of hydrogen-bond donors (Lipinski definition) is 1. The molecule has 0 spiro atoms. The summed E-state index contributed by atoms with van der Waals surface area (Å²) in [4.78, 5) is 10.9. The second kappa shape index (κ2) is 4.07. The lowest BCUT2D eigenvalue weighted by Crippen LogP contribution is -2.23. The standard InChI is InChI=1S/C9H11NOS/c1-3-9(11)10-7(2)8-4-5-12-6-8/h3-7H,1H2,2H3,(H,10,11). The van der Waals surface area contributed by atoms with Gasteiger partial charge in [0.15, 0.2) is 0 Å². The van der Waals surface area contributed by atoms with E-state index in [1.54, 1.807) is 11.3 Å². The molecule has 0 radical (unpaired) electrons. The van der Waals surface area contributed by atoms with Crippen LogP contribution in [0.15, 0.2) is 29.5 Å². The third kappa shape index (κ3) is 2.20. The number of carbonyl (C=O) groups excluding carboxylic acids is 1. The molecule has 0 aliphatic heterocycles. The fourth-order valence-corrected chi connectivity index (χ4v) is 1.63. The van der Waals surface area contributed by atoms with E-state index in [0.717, 1.165) is 5.56 Å². The Hall–Kier alpha value is -1.09. The Balaban J connectivity index is 2.55. The van der Waals surface area contributed by atoms with Crippen molar-refractivity contribution in [3.05, 3.63) is 35.0 Å². The molecule has 1 aromatic heterocycles. The molecular weight excluding hydrogens is 170 g/mol. The molecule has 64 valence electrons. The molecule has 1 N–H and O–H groups in total. The number of thiophene rings is 1. The first-order chi connectivity index (χ1) is 5.74.